The minimum Gasteiger partial charge on any atom is -0.345 e. The van der Waals surface area contributed by atoms with E-state index in [2.05, 4.69) is 10.6 Å². The van der Waals surface area contributed by atoms with E-state index in [1.54, 1.807) is 0 Å². The third-order valence-corrected chi connectivity index (χ3v) is 4.45. The molecule has 4 heteroatoms. The van der Waals surface area contributed by atoms with Gasteiger partial charge in [-0.3, -0.25) is 4.79 Å². The standard InChI is InChI=1S/C19H21ClN2O/c20-16-9-4-8-15(12-16)19(14-6-2-1-3-7-14)22-18(23)13-17-10-5-11-21-17/h1-4,6-9,12,17,19,21H,5,10-11,13H2,(H,22,23). The first-order valence-electron chi connectivity index (χ1n) is 8.05. The zero-order valence-electron chi connectivity index (χ0n) is 13.0. The van der Waals surface area contributed by atoms with Crippen LogP contribution in [0.15, 0.2) is 54.6 Å². The van der Waals surface area contributed by atoms with Crippen molar-refractivity contribution in [2.24, 2.45) is 0 Å². The number of carbonyl (C=O) groups is 1. The number of carbonyl (C=O) groups excluding carboxylic acids is 1. The van der Waals surface area contributed by atoms with E-state index in [4.69, 9.17) is 11.6 Å². The van der Waals surface area contributed by atoms with Crippen LogP contribution in [0.2, 0.25) is 5.02 Å². The molecule has 3 rings (SSSR count). The van der Waals surface area contributed by atoms with Crippen molar-refractivity contribution < 1.29 is 4.79 Å². The maximum absolute atomic E-state index is 12.5. The van der Waals surface area contributed by atoms with E-state index in [0.29, 0.717) is 17.5 Å². The summed E-state index contributed by atoms with van der Waals surface area (Å²) in [5.41, 5.74) is 2.05. The van der Waals surface area contributed by atoms with E-state index in [9.17, 15) is 4.79 Å². The Hall–Kier alpha value is -1.84. The predicted molar refractivity (Wildman–Crippen MR) is 93.5 cm³/mol. The topological polar surface area (TPSA) is 41.1 Å². The van der Waals surface area contributed by atoms with Crippen molar-refractivity contribution in [2.45, 2.75) is 31.3 Å². The van der Waals surface area contributed by atoms with Gasteiger partial charge in [-0.25, -0.2) is 0 Å². The maximum atomic E-state index is 12.5. The van der Waals surface area contributed by atoms with Gasteiger partial charge in [0.15, 0.2) is 0 Å². The molecular weight excluding hydrogens is 308 g/mol. The van der Waals surface area contributed by atoms with Crippen molar-refractivity contribution in [1.29, 1.82) is 0 Å². The number of nitrogens with one attached hydrogen (secondary N) is 2. The molecule has 2 unspecified atom stereocenters. The molecule has 0 saturated carbocycles. The van der Waals surface area contributed by atoms with E-state index in [0.717, 1.165) is 30.5 Å². The minimum atomic E-state index is -0.177. The maximum Gasteiger partial charge on any atom is 0.222 e. The van der Waals surface area contributed by atoms with Crippen LogP contribution >= 0.6 is 11.6 Å². The van der Waals surface area contributed by atoms with Crippen LogP contribution in [-0.4, -0.2) is 18.5 Å². The summed E-state index contributed by atoms with van der Waals surface area (Å²) in [5.74, 6) is 0.0678. The van der Waals surface area contributed by atoms with Crippen molar-refractivity contribution in [3.63, 3.8) is 0 Å². The first-order chi connectivity index (χ1) is 11.2. The highest BCUT2D eigenvalue weighted by molar-refractivity contribution is 6.30. The molecule has 2 atom stereocenters. The van der Waals surface area contributed by atoms with Crippen LogP contribution in [0, 0.1) is 0 Å². The SMILES string of the molecule is O=C(CC1CCCN1)NC(c1ccccc1)c1cccc(Cl)c1. The lowest BCUT2D eigenvalue weighted by molar-refractivity contribution is -0.122. The zero-order valence-corrected chi connectivity index (χ0v) is 13.7. The fourth-order valence-corrected chi connectivity index (χ4v) is 3.26. The first kappa shape index (κ1) is 16.0. The van der Waals surface area contributed by atoms with Gasteiger partial charge in [0, 0.05) is 17.5 Å². The molecule has 0 bridgehead atoms. The summed E-state index contributed by atoms with van der Waals surface area (Å²) in [6, 6.07) is 17.8. The number of amides is 1. The fraction of sp³-hybridized carbons (Fsp3) is 0.316. The molecule has 2 aromatic carbocycles. The quantitative estimate of drug-likeness (QED) is 0.879. The number of hydrogen-bond acceptors (Lipinski definition) is 2. The molecule has 0 radical (unpaired) electrons. The molecule has 1 heterocycles. The van der Waals surface area contributed by atoms with Gasteiger partial charge in [0.2, 0.25) is 5.91 Å². The van der Waals surface area contributed by atoms with E-state index < -0.39 is 0 Å². The summed E-state index contributed by atoms with van der Waals surface area (Å²) in [7, 11) is 0. The monoisotopic (exact) mass is 328 g/mol. The van der Waals surface area contributed by atoms with E-state index >= 15 is 0 Å². The molecule has 1 amide bonds. The fourth-order valence-electron chi connectivity index (χ4n) is 3.07. The summed E-state index contributed by atoms with van der Waals surface area (Å²) >= 11 is 6.13. The van der Waals surface area contributed by atoms with E-state index in [1.165, 1.54) is 0 Å². The number of benzene rings is 2. The molecule has 1 fully saturated rings. The highest BCUT2D eigenvalue weighted by atomic mass is 35.5. The first-order valence-corrected chi connectivity index (χ1v) is 8.43. The van der Waals surface area contributed by atoms with Crippen molar-refractivity contribution in [2.75, 3.05) is 6.54 Å². The summed E-state index contributed by atoms with van der Waals surface area (Å²) in [6.45, 7) is 1.01. The Morgan fingerprint density at radius 2 is 1.96 bits per heavy atom. The number of hydrogen-bond donors (Lipinski definition) is 2. The lowest BCUT2D eigenvalue weighted by Gasteiger charge is -2.21. The summed E-state index contributed by atoms with van der Waals surface area (Å²) < 4.78 is 0. The van der Waals surface area contributed by atoms with Crippen LogP contribution in [0.25, 0.3) is 0 Å². The van der Waals surface area contributed by atoms with Crippen LogP contribution in [0.4, 0.5) is 0 Å². The Labute approximate surface area is 142 Å². The highest BCUT2D eigenvalue weighted by Gasteiger charge is 2.21. The second kappa shape index (κ2) is 7.62. The van der Waals surface area contributed by atoms with Crippen LogP contribution in [0.3, 0.4) is 0 Å². The lowest BCUT2D eigenvalue weighted by Crippen LogP contribution is -2.34. The largest absolute Gasteiger partial charge is 0.345 e. The molecule has 2 N–H and O–H groups in total. The third-order valence-electron chi connectivity index (χ3n) is 4.21. The third kappa shape index (κ3) is 4.34. The smallest absolute Gasteiger partial charge is 0.222 e. The molecule has 0 spiro atoms. The van der Waals surface area contributed by atoms with E-state index in [1.807, 2.05) is 54.6 Å². The Bertz CT molecular complexity index is 653. The Morgan fingerprint density at radius 1 is 1.17 bits per heavy atom. The molecule has 0 aliphatic carbocycles. The van der Waals surface area contributed by atoms with Crippen molar-refractivity contribution in [3.05, 3.63) is 70.7 Å². The normalized spacial score (nSPS) is 18.6. The molecule has 1 aliphatic rings. The lowest BCUT2D eigenvalue weighted by atomic mass is 9.98. The highest BCUT2D eigenvalue weighted by Crippen LogP contribution is 2.24. The predicted octanol–water partition coefficient (Wildman–Crippen LogP) is 3.69. The van der Waals surface area contributed by atoms with Crippen LogP contribution in [0.1, 0.15) is 36.4 Å². The van der Waals surface area contributed by atoms with Gasteiger partial charge in [0.05, 0.1) is 6.04 Å². The summed E-state index contributed by atoms with van der Waals surface area (Å²) in [4.78, 5) is 12.5. The Kier molecular flexibility index (Phi) is 5.31. The summed E-state index contributed by atoms with van der Waals surface area (Å²) in [5, 5.41) is 7.21. The van der Waals surface area contributed by atoms with Crippen LogP contribution < -0.4 is 10.6 Å². The Balaban J connectivity index is 1.79. The van der Waals surface area contributed by atoms with Gasteiger partial charge in [-0.15, -0.1) is 0 Å². The second-order valence-electron chi connectivity index (χ2n) is 5.96. The number of halogens is 1. The van der Waals surface area contributed by atoms with Crippen molar-refractivity contribution in [3.8, 4) is 0 Å². The molecule has 3 nitrogen and oxygen atoms in total. The van der Waals surface area contributed by atoms with Crippen molar-refractivity contribution >= 4 is 17.5 Å². The average Bonchev–Trinajstić information content (AvgIpc) is 3.06. The van der Waals surface area contributed by atoms with Gasteiger partial charge in [0.1, 0.15) is 0 Å². The molecule has 0 aromatic heterocycles. The molecule has 1 aliphatic heterocycles. The van der Waals surface area contributed by atoms with Gasteiger partial charge >= 0.3 is 0 Å². The summed E-state index contributed by atoms with van der Waals surface area (Å²) in [6.07, 6.45) is 2.73. The average molecular weight is 329 g/mol. The molecular formula is C19H21ClN2O. The Morgan fingerprint density at radius 3 is 2.65 bits per heavy atom. The minimum absolute atomic E-state index is 0.0678. The van der Waals surface area contributed by atoms with Crippen molar-refractivity contribution in [1.82, 2.24) is 10.6 Å². The zero-order chi connectivity index (χ0) is 16.1. The van der Waals surface area contributed by atoms with Gasteiger partial charge in [-0.2, -0.15) is 0 Å². The van der Waals surface area contributed by atoms with Gasteiger partial charge in [-0.1, -0.05) is 54.1 Å². The van der Waals surface area contributed by atoms with Crippen LogP contribution in [-0.2, 0) is 4.79 Å². The van der Waals surface area contributed by atoms with Crippen LogP contribution in [0.5, 0.6) is 0 Å². The van der Waals surface area contributed by atoms with Gasteiger partial charge in [-0.05, 0) is 42.6 Å². The second-order valence-corrected chi connectivity index (χ2v) is 6.40. The van der Waals surface area contributed by atoms with E-state index in [-0.39, 0.29) is 11.9 Å². The molecule has 1 saturated heterocycles. The van der Waals surface area contributed by atoms with Gasteiger partial charge in [0.25, 0.3) is 0 Å². The molecule has 120 valence electrons. The molecule has 23 heavy (non-hydrogen) atoms. The molecule has 2 aromatic rings. The van der Waals surface area contributed by atoms with Gasteiger partial charge < -0.3 is 10.6 Å². The number of rotatable bonds is 5.